The summed E-state index contributed by atoms with van der Waals surface area (Å²) in [4.78, 5) is 13.8. The van der Waals surface area contributed by atoms with Gasteiger partial charge in [0.2, 0.25) is 0 Å². The van der Waals surface area contributed by atoms with Gasteiger partial charge in [-0.2, -0.15) is 0 Å². The quantitative estimate of drug-likeness (QED) is 0.742. The summed E-state index contributed by atoms with van der Waals surface area (Å²) in [5.74, 6) is 0. The Balaban J connectivity index is 2.52. The number of benzene rings is 1. The predicted molar refractivity (Wildman–Crippen MR) is 79.1 cm³/mol. The first kappa shape index (κ1) is 15.2. The Labute approximate surface area is 114 Å². The zero-order chi connectivity index (χ0) is 14.1. The molecule has 1 aromatic rings. The van der Waals surface area contributed by atoms with E-state index in [-0.39, 0.29) is 12.6 Å². The molecule has 0 aliphatic rings. The van der Waals surface area contributed by atoms with Crippen molar-refractivity contribution in [1.29, 1.82) is 0 Å². The number of nitrogens with one attached hydrogen (secondary N) is 1. The third kappa shape index (κ3) is 5.14. The maximum Gasteiger partial charge on any atom is 0.321 e. The summed E-state index contributed by atoms with van der Waals surface area (Å²) >= 11 is 0. The number of carbonyl (C=O) groups excluding carboxylic acids is 1. The van der Waals surface area contributed by atoms with Gasteiger partial charge in [-0.05, 0) is 37.5 Å². The molecule has 19 heavy (non-hydrogen) atoms. The van der Waals surface area contributed by atoms with Crippen molar-refractivity contribution < 1.29 is 9.90 Å². The Morgan fingerprint density at radius 1 is 1.37 bits per heavy atom. The molecule has 0 saturated heterocycles. The van der Waals surface area contributed by atoms with E-state index in [2.05, 4.69) is 11.9 Å². The molecular formula is C15H22N2O2. The zero-order valence-electron chi connectivity index (χ0n) is 11.4. The van der Waals surface area contributed by atoms with Gasteiger partial charge < -0.3 is 15.3 Å². The minimum Gasteiger partial charge on any atom is -0.396 e. The van der Waals surface area contributed by atoms with Gasteiger partial charge >= 0.3 is 6.03 Å². The van der Waals surface area contributed by atoms with Crippen LogP contribution < -0.4 is 5.32 Å². The minimum absolute atomic E-state index is 0.105. The predicted octanol–water partition coefficient (Wildman–Crippen LogP) is 2.96. The monoisotopic (exact) mass is 262 g/mol. The number of hydrogen-bond acceptors (Lipinski definition) is 2. The van der Waals surface area contributed by atoms with E-state index in [0.717, 1.165) is 24.1 Å². The SMILES string of the molecule is C=Cc1ccc(NC(=O)N(CC)CCCCO)cc1. The molecule has 0 saturated carbocycles. The number of hydrogen-bond donors (Lipinski definition) is 2. The number of unbranched alkanes of at least 4 members (excludes halogenated alkanes) is 1. The highest BCUT2D eigenvalue weighted by Gasteiger charge is 2.10. The average molecular weight is 262 g/mol. The number of nitrogens with zero attached hydrogens (tertiary/aromatic N) is 1. The topological polar surface area (TPSA) is 52.6 Å². The first-order valence-corrected chi connectivity index (χ1v) is 6.60. The van der Waals surface area contributed by atoms with Crippen LogP contribution in [-0.2, 0) is 0 Å². The molecule has 0 aromatic heterocycles. The molecule has 4 heteroatoms. The maximum atomic E-state index is 12.0. The molecule has 0 bridgehead atoms. The van der Waals surface area contributed by atoms with E-state index in [1.165, 1.54) is 0 Å². The van der Waals surface area contributed by atoms with E-state index in [4.69, 9.17) is 5.11 Å². The summed E-state index contributed by atoms with van der Waals surface area (Å²) in [5, 5.41) is 11.6. The molecule has 4 nitrogen and oxygen atoms in total. The molecule has 0 fully saturated rings. The smallest absolute Gasteiger partial charge is 0.321 e. The molecule has 104 valence electrons. The standard InChI is InChI=1S/C15H22N2O2/c1-3-13-7-9-14(10-8-13)16-15(19)17(4-2)11-5-6-12-18/h3,7-10,18H,1,4-6,11-12H2,2H3,(H,16,19). The molecule has 0 aliphatic carbocycles. The van der Waals surface area contributed by atoms with Crippen LogP contribution in [0.3, 0.4) is 0 Å². The van der Waals surface area contributed by atoms with Crippen LogP contribution in [0.15, 0.2) is 30.8 Å². The Kier molecular flexibility index (Phi) is 6.68. The van der Waals surface area contributed by atoms with Crippen molar-refractivity contribution in [2.75, 3.05) is 25.0 Å². The largest absolute Gasteiger partial charge is 0.396 e. The number of amides is 2. The van der Waals surface area contributed by atoms with Crippen molar-refractivity contribution in [2.45, 2.75) is 19.8 Å². The lowest BCUT2D eigenvalue weighted by molar-refractivity contribution is 0.210. The van der Waals surface area contributed by atoms with Gasteiger partial charge in [0.05, 0.1) is 0 Å². The highest BCUT2D eigenvalue weighted by molar-refractivity contribution is 5.89. The fourth-order valence-corrected chi connectivity index (χ4v) is 1.72. The van der Waals surface area contributed by atoms with Crippen LogP contribution in [0.4, 0.5) is 10.5 Å². The normalized spacial score (nSPS) is 10.0. The van der Waals surface area contributed by atoms with Crippen LogP contribution >= 0.6 is 0 Å². The second-order valence-corrected chi connectivity index (χ2v) is 4.27. The second-order valence-electron chi connectivity index (χ2n) is 4.27. The van der Waals surface area contributed by atoms with E-state index in [1.54, 1.807) is 11.0 Å². The van der Waals surface area contributed by atoms with Gasteiger partial charge in [-0.15, -0.1) is 0 Å². The molecule has 0 unspecified atom stereocenters. The number of urea groups is 1. The third-order valence-corrected chi connectivity index (χ3v) is 2.90. The number of carbonyl (C=O) groups is 1. The lowest BCUT2D eigenvalue weighted by atomic mass is 10.2. The highest BCUT2D eigenvalue weighted by Crippen LogP contribution is 2.11. The van der Waals surface area contributed by atoms with Crippen LogP contribution in [0.25, 0.3) is 6.08 Å². The van der Waals surface area contributed by atoms with Gasteiger partial charge in [0.25, 0.3) is 0 Å². The maximum absolute atomic E-state index is 12.0. The van der Waals surface area contributed by atoms with E-state index in [1.807, 2.05) is 31.2 Å². The summed E-state index contributed by atoms with van der Waals surface area (Å²) in [6.07, 6.45) is 3.30. The van der Waals surface area contributed by atoms with Gasteiger partial charge in [-0.3, -0.25) is 0 Å². The van der Waals surface area contributed by atoms with Crippen LogP contribution in [0.2, 0.25) is 0 Å². The molecule has 2 N–H and O–H groups in total. The summed E-state index contributed by atoms with van der Waals surface area (Å²) in [5.41, 5.74) is 1.80. The van der Waals surface area contributed by atoms with Crippen molar-refractivity contribution in [3.05, 3.63) is 36.4 Å². The highest BCUT2D eigenvalue weighted by atomic mass is 16.3. The molecule has 1 rings (SSSR count). The first-order valence-electron chi connectivity index (χ1n) is 6.60. The first-order chi connectivity index (χ1) is 9.21. The molecule has 0 aliphatic heterocycles. The van der Waals surface area contributed by atoms with Gasteiger partial charge in [-0.25, -0.2) is 4.79 Å². The average Bonchev–Trinajstić information content (AvgIpc) is 2.44. The minimum atomic E-state index is -0.105. The molecular weight excluding hydrogens is 240 g/mol. The zero-order valence-corrected chi connectivity index (χ0v) is 11.4. The molecule has 1 aromatic carbocycles. The lowest BCUT2D eigenvalue weighted by Crippen LogP contribution is -2.35. The number of anilines is 1. The van der Waals surface area contributed by atoms with Gasteiger partial charge in [0.1, 0.15) is 0 Å². The van der Waals surface area contributed by atoms with Gasteiger partial charge in [-0.1, -0.05) is 24.8 Å². The van der Waals surface area contributed by atoms with Crippen molar-refractivity contribution in [2.24, 2.45) is 0 Å². The van der Waals surface area contributed by atoms with E-state index >= 15 is 0 Å². The lowest BCUT2D eigenvalue weighted by Gasteiger charge is -2.21. The second kappa shape index (κ2) is 8.32. The van der Waals surface area contributed by atoms with Crippen LogP contribution in [0, 0.1) is 0 Å². The van der Waals surface area contributed by atoms with Gasteiger partial charge in [0.15, 0.2) is 0 Å². The Hall–Kier alpha value is -1.81. The van der Waals surface area contributed by atoms with Crippen LogP contribution in [-0.4, -0.2) is 35.7 Å². The Morgan fingerprint density at radius 2 is 2.05 bits per heavy atom. The summed E-state index contributed by atoms with van der Waals surface area (Å²) < 4.78 is 0. The summed E-state index contributed by atoms with van der Waals surface area (Å²) in [6, 6.07) is 7.43. The molecule has 0 atom stereocenters. The Bertz CT molecular complexity index is 401. The van der Waals surface area contributed by atoms with E-state index in [0.29, 0.717) is 13.1 Å². The van der Waals surface area contributed by atoms with Crippen molar-refractivity contribution in [3.8, 4) is 0 Å². The molecule has 2 amide bonds. The fraction of sp³-hybridized carbons (Fsp3) is 0.400. The molecule has 0 spiro atoms. The number of aliphatic hydroxyl groups excluding tert-OH is 1. The van der Waals surface area contributed by atoms with Crippen molar-refractivity contribution >= 4 is 17.8 Å². The van der Waals surface area contributed by atoms with Crippen molar-refractivity contribution in [3.63, 3.8) is 0 Å². The van der Waals surface area contributed by atoms with Crippen molar-refractivity contribution in [1.82, 2.24) is 4.90 Å². The Morgan fingerprint density at radius 3 is 2.58 bits per heavy atom. The fourth-order valence-electron chi connectivity index (χ4n) is 1.72. The number of rotatable bonds is 7. The molecule has 0 heterocycles. The third-order valence-electron chi connectivity index (χ3n) is 2.90. The van der Waals surface area contributed by atoms with E-state index < -0.39 is 0 Å². The van der Waals surface area contributed by atoms with Crippen LogP contribution in [0.5, 0.6) is 0 Å². The van der Waals surface area contributed by atoms with E-state index in [9.17, 15) is 4.79 Å². The van der Waals surface area contributed by atoms with Gasteiger partial charge in [0, 0.05) is 25.4 Å². The summed E-state index contributed by atoms with van der Waals surface area (Å²) in [6.45, 7) is 7.12. The number of aliphatic hydroxyl groups is 1. The van der Waals surface area contributed by atoms with Crippen LogP contribution in [0.1, 0.15) is 25.3 Å². The molecule has 0 radical (unpaired) electrons. The summed E-state index contributed by atoms with van der Waals surface area (Å²) in [7, 11) is 0.